The van der Waals surface area contributed by atoms with Crippen LogP contribution in [0.25, 0.3) is 0 Å². The van der Waals surface area contributed by atoms with E-state index >= 15 is 0 Å². The molecule has 0 spiro atoms. The van der Waals surface area contributed by atoms with E-state index in [-0.39, 0.29) is 30.0 Å². The van der Waals surface area contributed by atoms with Gasteiger partial charge < -0.3 is 10.6 Å². The van der Waals surface area contributed by atoms with Crippen molar-refractivity contribution in [3.63, 3.8) is 0 Å². The van der Waals surface area contributed by atoms with E-state index in [2.05, 4.69) is 10.6 Å². The summed E-state index contributed by atoms with van der Waals surface area (Å²) in [6.45, 7) is 6.16. The summed E-state index contributed by atoms with van der Waals surface area (Å²) < 4.78 is 38.7. The largest absolute Gasteiger partial charge is 0.351 e. The van der Waals surface area contributed by atoms with Gasteiger partial charge in [-0.15, -0.1) is 0 Å². The maximum absolute atomic E-state index is 13.0. The average Bonchev–Trinajstić information content (AvgIpc) is 2.29. The Morgan fingerprint density at radius 2 is 1.70 bits per heavy atom. The SMILES string of the molecule is CC(C)(C)NC(=O)CCNCc1cc(F)c(F)c(F)c1. The summed E-state index contributed by atoms with van der Waals surface area (Å²) in [7, 11) is 0. The standard InChI is InChI=1S/C14H19F3N2O/c1-14(2,3)19-12(20)4-5-18-8-9-6-10(15)13(17)11(16)7-9/h6-7,18H,4-5,8H2,1-3H3,(H,19,20). The van der Waals surface area contributed by atoms with Crippen molar-refractivity contribution in [2.75, 3.05) is 6.54 Å². The fourth-order valence-electron chi connectivity index (χ4n) is 1.63. The van der Waals surface area contributed by atoms with E-state index in [1.54, 1.807) is 0 Å². The second kappa shape index (κ2) is 6.74. The van der Waals surface area contributed by atoms with Crippen LogP contribution in [0.3, 0.4) is 0 Å². The normalized spacial score (nSPS) is 11.5. The molecule has 0 aliphatic heterocycles. The number of benzene rings is 1. The second-order valence-corrected chi connectivity index (χ2v) is 5.60. The summed E-state index contributed by atoms with van der Waals surface area (Å²) in [5.41, 5.74) is -0.00190. The average molecular weight is 288 g/mol. The number of hydrogen-bond acceptors (Lipinski definition) is 2. The molecule has 0 atom stereocenters. The van der Waals surface area contributed by atoms with E-state index < -0.39 is 17.5 Å². The van der Waals surface area contributed by atoms with Gasteiger partial charge in [0.15, 0.2) is 17.5 Å². The lowest BCUT2D eigenvalue weighted by atomic mass is 10.1. The smallest absolute Gasteiger partial charge is 0.221 e. The molecule has 1 amide bonds. The molecule has 0 heterocycles. The van der Waals surface area contributed by atoms with Crippen molar-refractivity contribution < 1.29 is 18.0 Å². The van der Waals surface area contributed by atoms with Crippen LogP contribution in [-0.2, 0) is 11.3 Å². The van der Waals surface area contributed by atoms with E-state index in [0.29, 0.717) is 6.54 Å². The van der Waals surface area contributed by atoms with E-state index in [9.17, 15) is 18.0 Å². The first-order chi connectivity index (χ1) is 9.19. The number of halogens is 3. The molecule has 2 N–H and O–H groups in total. The molecule has 20 heavy (non-hydrogen) atoms. The molecule has 0 aromatic heterocycles. The van der Waals surface area contributed by atoms with Crippen LogP contribution in [0.4, 0.5) is 13.2 Å². The third-order valence-corrected chi connectivity index (χ3v) is 2.42. The topological polar surface area (TPSA) is 41.1 Å². The van der Waals surface area contributed by atoms with Gasteiger partial charge in [0.05, 0.1) is 0 Å². The third-order valence-electron chi connectivity index (χ3n) is 2.42. The van der Waals surface area contributed by atoms with Gasteiger partial charge in [0, 0.05) is 25.0 Å². The van der Waals surface area contributed by atoms with Gasteiger partial charge in [0.1, 0.15) is 0 Å². The number of carbonyl (C=O) groups is 1. The lowest BCUT2D eigenvalue weighted by Gasteiger charge is -2.20. The zero-order valence-electron chi connectivity index (χ0n) is 11.8. The first-order valence-electron chi connectivity index (χ1n) is 6.34. The minimum absolute atomic E-state index is 0.110. The lowest BCUT2D eigenvalue weighted by Crippen LogP contribution is -2.41. The Bertz CT molecular complexity index is 461. The molecular formula is C14H19F3N2O. The molecule has 112 valence electrons. The van der Waals surface area contributed by atoms with Crippen molar-refractivity contribution in [1.29, 1.82) is 0 Å². The Morgan fingerprint density at radius 1 is 1.15 bits per heavy atom. The molecule has 3 nitrogen and oxygen atoms in total. The van der Waals surface area contributed by atoms with Crippen molar-refractivity contribution in [1.82, 2.24) is 10.6 Å². The van der Waals surface area contributed by atoms with Gasteiger partial charge in [-0.05, 0) is 38.5 Å². The number of amides is 1. The highest BCUT2D eigenvalue weighted by molar-refractivity contribution is 5.76. The van der Waals surface area contributed by atoms with Crippen molar-refractivity contribution in [3.8, 4) is 0 Å². The van der Waals surface area contributed by atoms with Gasteiger partial charge >= 0.3 is 0 Å². The molecule has 1 aromatic rings. The van der Waals surface area contributed by atoms with Crippen LogP contribution in [0, 0.1) is 17.5 Å². The summed E-state index contributed by atoms with van der Waals surface area (Å²) in [6, 6.07) is 1.86. The highest BCUT2D eigenvalue weighted by atomic mass is 19.2. The maximum atomic E-state index is 13.0. The lowest BCUT2D eigenvalue weighted by molar-refractivity contribution is -0.122. The molecule has 0 fully saturated rings. The molecular weight excluding hydrogens is 269 g/mol. The van der Waals surface area contributed by atoms with Gasteiger partial charge in [-0.1, -0.05) is 0 Å². The molecule has 0 bridgehead atoms. The van der Waals surface area contributed by atoms with Crippen LogP contribution in [0.2, 0.25) is 0 Å². The Labute approximate surface area is 116 Å². The highest BCUT2D eigenvalue weighted by Gasteiger charge is 2.13. The van der Waals surface area contributed by atoms with Gasteiger partial charge in [-0.25, -0.2) is 13.2 Å². The number of hydrogen-bond donors (Lipinski definition) is 2. The molecule has 0 saturated carbocycles. The monoisotopic (exact) mass is 288 g/mol. The predicted octanol–water partition coefficient (Wildman–Crippen LogP) is 2.50. The summed E-state index contributed by atoms with van der Waals surface area (Å²) in [5.74, 6) is -4.01. The van der Waals surface area contributed by atoms with Gasteiger partial charge in [-0.3, -0.25) is 4.79 Å². The Balaban J connectivity index is 2.37. The van der Waals surface area contributed by atoms with Crippen molar-refractivity contribution in [3.05, 3.63) is 35.1 Å². The van der Waals surface area contributed by atoms with E-state index in [0.717, 1.165) is 12.1 Å². The van der Waals surface area contributed by atoms with Crippen molar-refractivity contribution >= 4 is 5.91 Å². The van der Waals surface area contributed by atoms with Gasteiger partial charge in [-0.2, -0.15) is 0 Å². The Morgan fingerprint density at radius 3 is 2.20 bits per heavy atom. The minimum Gasteiger partial charge on any atom is -0.351 e. The number of nitrogens with one attached hydrogen (secondary N) is 2. The minimum atomic E-state index is -1.47. The fourth-order valence-corrected chi connectivity index (χ4v) is 1.63. The molecule has 6 heteroatoms. The van der Waals surface area contributed by atoms with Crippen molar-refractivity contribution in [2.24, 2.45) is 0 Å². The van der Waals surface area contributed by atoms with E-state index in [1.165, 1.54) is 0 Å². The third kappa shape index (κ3) is 5.61. The van der Waals surface area contributed by atoms with Crippen LogP contribution in [-0.4, -0.2) is 18.0 Å². The Kier molecular flexibility index (Phi) is 5.56. The summed E-state index contributed by atoms with van der Waals surface area (Å²) in [6.07, 6.45) is 0.253. The first-order valence-corrected chi connectivity index (χ1v) is 6.34. The maximum Gasteiger partial charge on any atom is 0.221 e. The van der Waals surface area contributed by atoms with Gasteiger partial charge in [0.25, 0.3) is 0 Å². The first kappa shape index (κ1) is 16.5. The number of rotatable bonds is 5. The van der Waals surface area contributed by atoms with Crippen LogP contribution in [0.1, 0.15) is 32.8 Å². The van der Waals surface area contributed by atoms with E-state index in [1.807, 2.05) is 20.8 Å². The van der Waals surface area contributed by atoms with Crippen LogP contribution >= 0.6 is 0 Å². The molecule has 1 rings (SSSR count). The molecule has 0 unspecified atom stereocenters. The summed E-state index contributed by atoms with van der Waals surface area (Å²) >= 11 is 0. The summed E-state index contributed by atoms with van der Waals surface area (Å²) in [4.78, 5) is 11.5. The van der Waals surface area contributed by atoms with E-state index in [4.69, 9.17) is 0 Å². The zero-order chi connectivity index (χ0) is 15.3. The molecule has 0 saturated heterocycles. The molecule has 1 aromatic carbocycles. The second-order valence-electron chi connectivity index (χ2n) is 5.60. The van der Waals surface area contributed by atoms with Crippen LogP contribution < -0.4 is 10.6 Å². The van der Waals surface area contributed by atoms with Crippen LogP contribution in [0.15, 0.2) is 12.1 Å². The number of carbonyl (C=O) groups excluding carboxylic acids is 1. The molecule has 0 radical (unpaired) electrons. The molecule has 0 aliphatic carbocycles. The summed E-state index contributed by atoms with van der Waals surface area (Å²) in [5, 5.41) is 5.67. The highest BCUT2D eigenvalue weighted by Crippen LogP contribution is 2.13. The zero-order valence-corrected chi connectivity index (χ0v) is 11.8. The molecule has 0 aliphatic rings. The van der Waals surface area contributed by atoms with Crippen molar-refractivity contribution in [2.45, 2.75) is 39.3 Å². The van der Waals surface area contributed by atoms with Crippen LogP contribution in [0.5, 0.6) is 0 Å². The Hall–Kier alpha value is -1.56. The predicted molar refractivity (Wildman–Crippen MR) is 70.5 cm³/mol. The quantitative estimate of drug-likeness (QED) is 0.645. The fraction of sp³-hybridized carbons (Fsp3) is 0.500. The van der Waals surface area contributed by atoms with Gasteiger partial charge in [0.2, 0.25) is 5.91 Å².